The number of nitrogen functional groups attached to an aromatic ring is 1. The Balaban J connectivity index is 2.86. The van der Waals surface area contributed by atoms with Gasteiger partial charge in [0.05, 0.1) is 6.54 Å². The van der Waals surface area contributed by atoms with Crippen molar-refractivity contribution in [2.75, 3.05) is 38.2 Å². The van der Waals surface area contributed by atoms with E-state index < -0.39 is 10.0 Å². The average molecular weight is 321 g/mol. The van der Waals surface area contributed by atoms with Crippen molar-refractivity contribution in [1.82, 2.24) is 14.0 Å². The van der Waals surface area contributed by atoms with E-state index in [0.29, 0.717) is 6.54 Å². The molecule has 0 atom stereocenters. The number of carbonyl (C=O) groups is 1. The summed E-state index contributed by atoms with van der Waals surface area (Å²) in [6.07, 6.45) is 0.833. The van der Waals surface area contributed by atoms with Crippen molar-refractivity contribution in [2.45, 2.75) is 18.2 Å². The second-order valence-corrected chi connectivity index (χ2v) is 7.08. The van der Waals surface area contributed by atoms with Crippen molar-refractivity contribution < 1.29 is 13.2 Å². The summed E-state index contributed by atoms with van der Waals surface area (Å²) in [7, 11) is -0.884. The predicted octanol–water partition coefficient (Wildman–Crippen LogP) is -0.0863. The first-order valence-corrected chi connectivity index (χ1v) is 8.20. The molecule has 114 valence electrons. The molecule has 0 spiro atoms. The van der Waals surface area contributed by atoms with Crippen LogP contribution >= 0.6 is 11.5 Å². The van der Waals surface area contributed by atoms with Gasteiger partial charge in [-0.05, 0) is 18.0 Å². The molecule has 1 amide bonds. The summed E-state index contributed by atoms with van der Waals surface area (Å²) in [5.41, 5.74) is 5.60. The molecule has 1 heterocycles. The molecule has 0 saturated heterocycles. The molecule has 0 radical (unpaired) electrons. The molecule has 10 heteroatoms. The second-order valence-electron chi connectivity index (χ2n) is 4.22. The van der Waals surface area contributed by atoms with Crippen molar-refractivity contribution in [2.24, 2.45) is 0 Å². The van der Waals surface area contributed by atoms with E-state index in [0.717, 1.165) is 22.3 Å². The van der Waals surface area contributed by atoms with Crippen LogP contribution in [0.15, 0.2) is 4.90 Å². The minimum atomic E-state index is -3.70. The van der Waals surface area contributed by atoms with Crippen LogP contribution in [0.4, 0.5) is 10.8 Å². The molecular weight excluding hydrogens is 302 g/mol. The standard InChI is InChI=1S/C10H19N5O3S2/c1-4-5-12-7(16)6-13-10-8(9(11)14-19-10)20(17,18)15(2)3/h13H,4-6H2,1-3H3,(H2,11,14)(H,12,16). The molecule has 0 aliphatic carbocycles. The summed E-state index contributed by atoms with van der Waals surface area (Å²) in [5.74, 6) is -0.285. The molecule has 0 aromatic carbocycles. The number of nitrogens with zero attached hydrogens (tertiary/aromatic N) is 2. The van der Waals surface area contributed by atoms with E-state index in [1.54, 1.807) is 0 Å². The lowest BCUT2D eigenvalue weighted by Gasteiger charge is -2.12. The lowest BCUT2D eigenvalue weighted by atomic mass is 10.4. The van der Waals surface area contributed by atoms with Crippen LogP contribution in [0.5, 0.6) is 0 Å². The maximum Gasteiger partial charge on any atom is 0.249 e. The number of carbonyl (C=O) groups excluding carboxylic acids is 1. The average Bonchev–Trinajstić information content (AvgIpc) is 2.75. The van der Waals surface area contributed by atoms with Crippen LogP contribution < -0.4 is 16.4 Å². The van der Waals surface area contributed by atoms with Gasteiger partial charge in [0, 0.05) is 20.6 Å². The van der Waals surface area contributed by atoms with Gasteiger partial charge in [0.25, 0.3) is 0 Å². The molecule has 1 rings (SSSR count). The van der Waals surface area contributed by atoms with Gasteiger partial charge in [0.2, 0.25) is 15.9 Å². The zero-order valence-electron chi connectivity index (χ0n) is 11.6. The number of nitrogens with one attached hydrogen (secondary N) is 2. The van der Waals surface area contributed by atoms with E-state index in [1.807, 2.05) is 6.92 Å². The highest BCUT2D eigenvalue weighted by Gasteiger charge is 2.27. The van der Waals surface area contributed by atoms with E-state index in [2.05, 4.69) is 15.0 Å². The van der Waals surface area contributed by atoms with Gasteiger partial charge in [0.15, 0.2) is 10.7 Å². The van der Waals surface area contributed by atoms with Gasteiger partial charge in [-0.2, -0.15) is 4.37 Å². The largest absolute Gasteiger partial charge is 0.382 e. The molecule has 1 aromatic rings. The normalized spacial score (nSPS) is 11.6. The predicted molar refractivity (Wildman–Crippen MR) is 79.2 cm³/mol. The number of anilines is 2. The smallest absolute Gasteiger partial charge is 0.249 e. The zero-order valence-corrected chi connectivity index (χ0v) is 13.3. The van der Waals surface area contributed by atoms with E-state index in [9.17, 15) is 13.2 Å². The number of rotatable bonds is 7. The minimum absolute atomic E-state index is 0.0302. The van der Waals surface area contributed by atoms with Crippen LogP contribution in [0, 0.1) is 0 Å². The van der Waals surface area contributed by atoms with Gasteiger partial charge in [-0.15, -0.1) is 0 Å². The quantitative estimate of drug-likeness (QED) is 0.646. The fourth-order valence-corrected chi connectivity index (χ4v) is 3.40. The van der Waals surface area contributed by atoms with Gasteiger partial charge in [-0.3, -0.25) is 4.79 Å². The maximum atomic E-state index is 12.1. The van der Waals surface area contributed by atoms with Crippen molar-refractivity contribution in [3.63, 3.8) is 0 Å². The van der Waals surface area contributed by atoms with Crippen molar-refractivity contribution in [3.05, 3.63) is 0 Å². The number of sulfonamides is 1. The second kappa shape index (κ2) is 6.86. The lowest BCUT2D eigenvalue weighted by molar-refractivity contribution is -0.119. The van der Waals surface area contributed by atoms with Crippen molar-refractivity contribution in [3.8, 4) is 0 Å². The summed E-state index contributed by atoms with van der Waals surface area (Å²) >= 11 is 0.914. The Labute approximate surface area is 122 Å². The van der Waals surface area contributed by atoms with Crippen molar-refractivity contribution in [1.29, 1.82) is 0 Å². The zero-order chi connectivity index (χ0) is 15.3. The number of hydrogen-bond acceptors (Lipinski definition) is 7. The third kappa shape index (κ3) is 3.81. The topological polar surface area (TPSA) is 117 Å². The Morgan fingerprint density at radius 2 is 2.10 bits per heavy atom. The SMILES string of the molecule is CCCNC(=O)CNc1snc(N)c1S(=O)(=O)N(C)C. The number of amides is 1. The van der Waals surface area contributed by atoms with Gasteiger partial charge in [0.1, 0.15) is 5.00 Å². The number of nitrogens with two attached hydrogens (primary N) is 1. The lowest BCUT2D eigenvalue weighted by Crippen LogP contribution is -2.30. The van der Waals surface area contributed by atoms with Crippen molar-refractivity contribution >= 4 is 38.3 Å². The number of hydrogen-bond donors (Lipinski definition) is 3. The third-order valence-corrected chi connectivity index (χ3v) is 5.23. The van der Waals surface area contributed by atoms with E-state index in [4.69, 9.17) is 5.73 Å². The fourth-order valence-electron chi connectivity index (χ4n) is 1.33. The molecule has 0 saturated carbocycles. The first-order valence-electron chi connectivity index (χ1n) is 5.99. The van der Waals surface area contributed by atoms with Gasteiger partial charge >= 0.3 is 0 Å². The third-order valence-electron chi connectivity index (χ3n) is 2.39. The summed E-state index contributed by atoms with van der Waals surface area (Å²) in [6, 6.07) is 0. The minimum Gasteiger partial charge on any atom is -0.382 e. The van der Waals surface area contributed by atoms with E-state index in [1.165, 1.54) is 14.1 Å². The molecule has 0 unspecified atom stereocenters. The molecule has 0 aliphatic heterocycles. The van der Waals surface area contributed by atoms with Gasteiger partial charge in [-0.1, -0.05) is 6.92 Å². The summed E-state index contributed by atoms with van der Waals surface area (Å²) in [4.78, 5) is 11.4. The monoisotopic (exact) mass is 321 g/mol. The molecule has 4 N–H and O–H groups in total. The van der Waals surface area contributed by atoms with E-state index in [-0.39, 0.29) is 28.2 Å². The Morgan fingerprint density at radius 1 is 1.45 bits per heavy atom. The van der Waals surface area contributed by atoms with Crippen LogP contribution in [-0.2, 0) is 14.8 Å². The molecule has 0 fully saturated rings. The molecule has 1 aromatic heterocycles. The van der Waals surface area contributed by atoms with E-state index >= 15 is 0 Å². The van der Waals surface area contributed by atoms with Crippen LogP contribution in [0.3, 0.4) is 0 Å². The summed E-state index contributed by atoms with van der Waals surface area (Å²) in [6.45, 7) is 2.49. The summed E-state index contributed by atoms with van der Waals surface area (Å²) in [5, 5.41) is 5.71. The molecular formula is C10H19N5O3S2. The highest BCUT2D eigenvalue weighted by molar-refractivity contribution is 7.89. The van der Waals surface area contributed by atoms with Crippen LogP contribution in [0.25, 0.3) is 0 Å². The van der Waals surface area contributed by atoms with Crippen LogP contribution in [0.2, 0.25) is 0 Å². The molecule has 20 heavy (non-hydrogen) atoms. The van der Waals surface area contributed by atoms with Gasteiger partial charge in [-0.25, -0.2) is 12.7 Å². The van der Waals surface area contributed by atoms with Crippen LogP contribution in [0.1, 0.15) is 13.3 Å². The highest BCUT2D eigenvalue weighted by atomic mass is 32.2. The maximum absolute atomic E-state index is 12.1. The molecule has 0 bridgehead atoms. The number of aromatic nitrogens is 1. The van der Waals surface area contributed by atoms with Crippen LogP contribution in [-0.4, -0.2) is 50.2 Å². The Kier molecular flexibility index (Phi) is 5.72. The Hall–Kier alpha value is -1.39. The molecule has 0 aliphatic rings. The Bertz CT molecular complexity index is 567. The summed E-state index contributed by atoms with van der Waals surface area (Å²) < 4.78 is 29.1. The highest BCUT2D eigenvalue weighted by Crippen LogP contribution is 2.32. The van der Waals surface area contributed by atoms with Gasteiger partial charge < -0.3 is 16.4 Å². The first kappa shape index (κ1) is 16.7. The molecule has 8 nitrogen and oxygen atoms in total. The Morgan fingerprint density at radius 3 is 2.65 bits per heavy atom. The fraction of sp³-hybridized carbons (Fsp3) is 0.600. The first-order chi connectivity index (χ1) is 9.30.